The van der Waals surface area contributed by atoms with E-state index >= 15 is 0 Å². The first-order chi connectivity index (χ1) is 13.9. The number of nitrogens with zero attached hydrogens (tertiary/aromatic N) is 4. The Morgan fingerprint density at radius 1 is 1.10 bits per heavy atom. The zero-order valence-corrected chi connectivity index (χ0v) is 17.4. The van der Waals surface area contributed by atoms with Crippen LogP contribution in [0.15, 0.2) is 36.4 Å². The van der Waals surface area contributed by atoms with Gasteiger partial charge in [0.25, 0.3) is 0 Å². The van der Waals surface area contributed by atoms with E-state index in [1.165, 1.54) is 0 Å². The van der Waals surface area contributed by atoms with E-state index in [0.717, 1.165) is 22.5 Å². The molecule has 1 saturated heterocycles. The molecule has 7 nitrogen and oxygen atoms in total. The molecule has 2 aromatic rings. The second-order valence-electron chi connectivity index (χ2n) is 7.41. The van der Waals surface area contributed by atoms with Crippen molar-refractivity contribution in [3.05, 3.63) is 58.9 Å². The number of aromatic nitrogens is 2. The summed E-state index contributed by atoms with van der Waals surface area (Å²) in [5, 5.41) is 7.32. The lowest BCUT2D eigenvalue weighted by atomic mass is 10.2. The third kappa shape index (κ3) is 5.54. The van der Waals surface area contributed by atoms with Gasteiger partial charge in [0.2, 0.25) is 11.8 Å². The van der Waals surface area contributed by atoms with Crippen LogP contribution in [-0.4, -0.2) is 64.1 Å². The molecule has 1 N–H and O–H groups in total. The molecule has 1 fully saturated rings. The fourth-order valence-corrected chi connectivity index (χ4v) is 3.47. The Labute approximate surface area is 172 Å². The van der Waals surface area contributed by atoms with Crippen molar-refractivity contribution < 1.29 is 9.59 Å². The second-order valence-corrected chi connectivity index (χ2v) is 7.41. The molecule has 1 aromatic heterocycles. The molecule has 0 spiro atoms. The highest BCUT2D eigenvalue weighted by molar-refractivity contribution is 5.92. The van der Waals surface area contributed by atoms with Gasteiger partial charge in [0.05, 0.1) is 12.2 Å². The highest BCUT2D eigenvalue weighted by Gasteiger charge is 2.21. The van der Waals surface area contributed by atoms with Gasteiger partial charge in [0.15, 0.2) is 0 Å². The van der Waals surface area contributed by atoms with Crippen molar-refractivity contribution >= 4 is 17.9 Å². The van der Waals surface area contributed by atoms with E-state index in [1.807, 2.05) is 66.9 Å². The highest BCUT2D eigenvalue weighted by atomic mass is 16.2. The maximum Gasteiger partial charge on any atom is 0.246 e. The molecule has 2 amide bonds. The normalized spacial score (nSPS) is 15.1. The Kier molecular flexibility index (Phi) is 6.82. The molecule has 0 bridgehead atoms. The van der Waals surface area contributed by atoms with Gasteiger partial charge in [-0.1, -0.05) is 30.3 Å². The molecule has 154 valence electrons. The Bertz CT molecular complexity index is 880. The van der Waals surface area contributed by atoms with Crippen molar-refractivity contribution in [1.29, 1.82) is 0 Å². The van der Waals surface area contributed by atoms with Crippen LogP contribution < -0.4 is 5.32 Å². The molecule has 1 aromatic carbocycles. The molecule has 2 heterocycles. The Balaban J connectivity index is 1.43. The fraction of sp³-hybridized carbons (Fsp3) is 0.409. The third-order valence-electron chi connectivity index (χ3n) is 5.34. The average Bonchev–Trinajstić information content (AvgIpc) is 2.97. The average molecular weight is 396 g/mol. The molecular weight excluding hydrogens is 366 g/mol. The van der Waals surface area contributed by atoms with Gasteiger partial charge < -0.3 is 10.2 Å². The van der Waals surface area contributed by atoms with Crippen LogP contribution in [0.1, 0.15) is 22.5 Å². The number of amides is 2. The minimum atomic E-state index is 0.000771. The number of aryl methyl sites for hydroxylation is 2. The van der Waals surface area contributed by atoms with Gasteiger partial charge in [-0.2, -0.15) is 5.10 Å². The number of benzene rings is 1. The molecule has 1 aliphatic heterocycles. The maximum atomic E-state index is 12.5. The maximum absolute atomic E-state index is 12.5. The van der Waals surface area contributed by atoms with Crippen LogP contribution in [0.5, 0.6) is 0 Å². The van der Waals surface area contributed by atoms with E-state index in [2.05, 4.69) is 15.3 Å². The van der Waals surface area contributed by atoms with Crippen LogP contribution in [0.25, 0.3) is 6.08 Å². The molecule has 0 aliphatic carbocycles. The summed E-state index contributed by atoms with van der Waals surface area (Å²) >= 11 is 0. The van der Waals surface area contributed by atoms with E-state index in [4.69, 9.17) is 0 Å². The van der Waals surface area contributed by atoms with Gasteiger partial charge in [-0.25, -0.2) is 0 Å². The largest absolute Gasteiger partial charge is 0.351 e. The first kappa shape index (κ1) is 20.8. The summed E-state index contributed by atoms with van der Waals surface area (Å²) in [6, 6.07) is 9.87. The first-order valence-corrected chi connectivity index (χ1v) is 9.94. The molecule has 0 radical (unpaired) electrons. The Morgan fingerprint density at radius 2 is 1.79 bits per heavy atom. The quantitative estimate of drug-likeness (QED) is 0.753. The van der Waals surface area contributed by atoms with Gasteiger partial charge in [0.1, 0.15) is 0 Å². The molecule has 3 rings (SSSR count). The minimum Gasteiger partial charge on any atom is -0.351 e. The van der Waals surface area contributed by atoms with Gasteiger partial charge >= 0.3 is 0 Å². The monoisotopic (exact) mass is 395 g/mol. The lowest BCUT2D eigenvalue weighted by molar-refractivity contribution is -0.128. The zero-order chi connectivity index (χ0) is 20.8. The van der Waals surface area contributed by atoms with Gasteiger partial charge in [0, 0.05) is 57.1 Å². The van der Waals surface area contributed by atoms with Crippen LogP contribution in [0, 0.1) is 13.8 Å². The molecule has 29 heavy (non-hydrogen) atoms. The van der Waals surface area contributed by atoms with E-state index in [-0.39, 0.29) is 11.8 Å². The predicted molar refractivity (Wildman–Crippen MR) is 113 cm³/mol. The van der Waals surface area contributed by atoms with Crippen molar-refractivity contribution in [2.75, 3.05) is 32.7 Å². The van der Waals surface area contributed by atoms with E-state index < -0.39 is 0 Å². The predicted octanol–water partition coefficient (Wildman–Crippen LogP) is 1.51. The number of carbonyl (C=O) groups is 2. The van der Waals surface area contributed by atoms with E-state index in [0.29, 0.717) is 39.3 Å². The summed E-state index contributed by atoms with van der Waals surface area (Å²) in [7, 11) is 1.90. The summed E-state index contributed by atoms with van der Waals surface area (Å²) in [4.78, 5) is 28.6. The van der Waals surface area contributed by atoms with Gasteiger partial charge in [-0.3, -0.25) is 19.2 Å². The summed E-state index contributed by atoms with van der Waals surface area (Å²) < 4.78 is 1.82. The molecule has 1 aliphatic rings. The number of carbonyl (C=O) groups excluding carboxylic acids is 2. The highest BCUT2D eigenvalue weighted by Crippen LogP contribution is 2.14. The van der Waals surface area contributed by atoms with Crippen molar-refractivity contribution in [3.63, 3.8) is 0 Å². The first-order valence-electron chi connectivity index (χ1n) is 9.94. The number of rotatable bonds is 6. The summed E-state index contributed by atoms with van der Waals surface area (Å²) in [6.07, 6.45) is 3.47. The standard InChI is InChI=1S/C22H29N5O2/c1-17-20(18(2)25(3)24-17)9-10-22(29)27-13-11-26(12-14-27)16-21(28)23-15-19-7-5-4-6-8-19/h4-10H,11-16H2,1-3H3,(H,23,28)/b10-9+. The minimum absolute atomic E-state index is 0.000771. The zero-order valence-electron chi connectivity index (χ0n) is 17.4. The lowest BCUT2D eigenvalue weighted by Gasteiger charge is -2.33. The van der Waals surface area contributed by atoms with Crippen LogP contribution in [0.3, 0.4) is 0 Å². The van der Waals surface area contributed by atoms with Crippen molar-refractivity contribution in [1.82, 2.24) is 24.9 Å². The molecule has 0 unspecified atom stereocenters. The molecule has 0 saturated carbocycles. The number of piperazine rings is 1. The van der Waals surface area contributed by atoms with Gasteiger partial charge in [-0.15, -0.1) is 0 Å². The lowest BCUT2D eigenvalue weighted by Crippen LogP contribution is -2.50. The van der Waals surface area contributed by atoms with Crippen molar-refractivity contribution in [2.45, 2.75) is 20.4 Å². The topological polar surface area (TPSA) is 70.5 Å². The smallest absolute Gasteiger partial charge is 0.246 e. The molecule has 0 atom stereocenters. The Hall–Kier alpha value is -2.93. The fourth-order valence-electron chi connectivity index (χ4n) is 3.47. The number of nitrogens with one attached hydrogen (secondary N) is 1. The van der Waals surface area contributed by atoms with Crippen molar-refractivity contribution in [2.24, 2.45) is 7.05 Å². The number of hydrogen-bond donors (Lipinski definition) is 1. The third-order valence-corrected chi connectivity index (χ3v) is 5.34. The van der Waals surface area contributed by atoms with Crippen molar-refractivity contribution in [3.8, 4) is 0 Å². The second kappa shape index (κ2) is 9.52. The summed E-state index contributed by atoms with van der Waals surface area (Å²) in [6.45, 7) is 7.48. The SMILES string of the molecule is Cc1nn(C)c(C)c1/C=C/C(=O)N1CCN(CC(=O)NCc2ccccc2)CC1. The van der Waals surface area contributed by atoms with Crippen LogP contribution in [0.2, 0.25) is 0 Å². The summed E-state index contributed by atoms with van der Waals surface area (Å²) in [5.74, 6) is 0.0110. The van der Waals surface area contributed by atoms with Crippen LogP contribution >= 0.6 is 0 Å². The van der Waals surface area contributed by atoms with Gasteiger partial charge in [-0.05, 0) is 25.5 Å². The van der Waals surface area contributed by atoms with Crippen LogP contribution in [0.4, 0.5) is 0 Å². The summed E-state index contributed by atoms with van der Waals surface area (Å²) in [5.41, 5.74) is 4.04. The molecule has 7 heteroatoms. The molecular formula is C22H29N5O2. The van der Waals surface area contributed by atoms with E-state index in [9.17, 15) is 9.59 Å². The number of hydrogen-bond acceptors (Lipinski definition) is 4. The van der Waals surface area contributed by atoms with Crippen LogP contribution in [-0.2, 0) is 23.2 Å². The van der Waals surface area contributed by atoms with E-state index in [1.54, 1.807) is 6.08 Å². The Morgan fingerprint density at radius 3 is 2.41 bits per heavy atom.